The van der Waals surface area contributed by atoms with E-state index in [4.69, 9.17) is 4.74 Å². The molecule has 1 aromatic rings. The number of hydrogen-bond acceptors (Lipinski definition) is 2. The second kappa shape index (κ2) is 4.87. The first-order valence-electron chi connectivity index (χ1n) is 6.77. The Kier molecular flexibility index (Phi) is 3.85. The van der Waals surface area contributed by atoms with Crippen molar-refractivity contribution in [1.29, 1.82) is 0 Å². The molecule has 0 radical (unpaired) electrons. The quantitative estimate of drug-likeness (QED) is 0.873. The summed E-state index contributed by atoms with van der Waals surface area (Å²) in [6.45, 7) is 10.4. The monoisotopic (exact) mass is 326 g/mol. The van der Waals surface area contributed by atoms with Gasteiger partial charge >= 0.3 is 0 Å². The smallest absolute Gasteiger partial charge is 0.0849 e. The molecule has 1 aliphatic rings. The summed E-state index contributed by atoms with van der Waals surface area (Å²) in [5, 5.41) is 10.8. The van der Waals surface area contributed by atoms with E-state index in [1.54, 1.807) is 0 Å². The maximum atomic E-state index is 10.8. The van der Waals surface area contributed by atoms with Gasteiger partial charge in [-0.1, -0.05) is 22.0 Å². The molecule has 0 aromatic heterocycles. The van der Waals surface area contributed by atoms with Crippen molar-refractivity contribution >= 4 is 15.9 Å². The van der Waals surface area contributed by atoms with Gasteiger partial charge in [-0.2, -0.15) is 0 Å². The molecular weight excluding hydrogens is 304 g/mol. The van der Waals surface area contributed by atoms with Crippen molar-refractivity contribution in [2.45, 2.75) is 58.3 Å². The molecule has 0 aliphatic carbocycles. The van der Waals surface area contributed by atoms with E-state index in [-0.39, 0.29) is 17.1 Å². The third-order valence-corrected chi connectivity index (χ3v) is 4.57. The van der Waals surface area contributed by atoms with E-state index < -0.39 is 6.10 Å². The van der Waals surface area contributed by atoms with Crippen molar-refractivity contribution in [3.63, 3.8) is 0 Å². The lowest BCUT2D eigenvalue weighted by atomic mass is 9.79. The van der Waals surface area contributed by atoms with E-state index >= 15 is 0 Å². The standard InChI is InChI=1S/C16H23BrO2/c1-10-8-11(17)6-7-12(10)14(18)13-9-15(2,3)19-16(13,4)5/h6-8,13-14,18H,9H2,1-5H3. The molecule has 2 atom stereocenters. The third-order valence-electron chi connectivity index (χ3n) is 4.08. The summed E-state index contributed by atoms with van der Waals surface area (Å²) in [6, 6.07) is 6.04. The minimum Gasteiger partial charge on any atom is -0.388 e. The SMILES string of the molecule is Cc1cc(Br)ccc1C(O)C1CC(C)(C)OC1(C)C. The van der Waals surface area contributed by atoms with Gasteiger partial charge in [0.25, 0.3) is 0 Å². The molecule has 1 saturated heterocycles. The lowest BCUT2D eigenvalue weighted by molar-refractivity contribution is -0.0880. The number of aliphatic hydroxyl groups excluding tert-OH is 1. The van der Waals surface area contributed by atoms with Crippen LogP contribution in [0.5, 0.6) is 0 Å². The van der Waals surface area contributed by atoms with Gasteiger partial charge in [0.1, 0.15) is 0 Å². The van der Waals surface area contributed by atoms with Crippen molar-refractivity contribution in [2.24, 2.45) is 5.92 Å². The van der Waals surface area contributed by atoms with Gasteiger partial charge in [-0.15, -0.1) is 0 Å². The molecule has 0 bridgehead atoms. The van der Waals surface area contributed by atoms with Crippen LogP contribution in [0.4, 0.5) is 0 Å². The highest BCUT2D eigenvalue weighted by molar-refractivity contribution is 9.10. The molecule has 0 spiro atoms. The lowest BCUT2D eigenvalue weighted by Crippen LogP contribution is -2.32. The highest BCUT2D eigenvalue weighted by Gasteiger charge is 2.49. The lowest BCUT2D eigenvalue weighted by Gasteiger charge is -2.31. The molecule has 0 saturated carbocycles. The minimum absolute atomic E-state index is 0.113. The zero-order chi connectivity index (χ0) is 14.4. The summed E-state index contributed by atoms with van der Waals surface area (Å²) >= 11 is 3.46. The van der Waals surface area contributed by atoms with E-state index in [1.165, 1.54) is 0 Å². The maximum absolute atomic E-state index is 10.8. The van der Waals surface area contributed by atoms with Crippen LogP contribution in [0.15, 0.2) is 22.7 Å². The van der Waals surface area contributed by atoms with Crippen LogP contribution in [0.3, 0.4) is 0 Å². The third kappa shape index (κ3) is 3.04. The molecule has 1 aliphatic heterocycles. The molecule has 0 amide bonds. The van der Waals surface area contributed by atoms with Crippen molar-refractivity contribution in [2.75, 3.05) is 0 Å². The predicted octanol–water partition coefficient (Wildman–Crippen LogP) is 4.38. The summed E-state index contributed by atoms with van der Waals surface area (Å²) in [7, 11) is 0. The van der Waals surface area contributed by atoms with Crippen LogP contribution in [0.1, 0.15) is 51.3 Å². The average Bonchev–Trinajstić information content (AvgIpc) is 2.45. The van der Waals surface area contributed by atoms with E-state index in [1.807, 2.05) is 25.1 Å². The Morgan fingerprint density at radius 2 is 1.95 bits per heavy atom. The molecule has 19 heavy (non-hydrogen) atoms. The molecule has 3 heteroatoms. The van der Waals surface area contributed by atoms with Gasteiger partial charge in [0.15, 0.2) is 0 Å². The first-order chi connectivity index (χ1) is 8.62. The summed E-state index contributed by atoms with van der Waals surface area (Å²) < 4.78 is 7.13. The van der Waals surface area contributed by atoms with E-state index in [0.29, 0.717) is 0 Å². The summed E-state index contributed by atoms with van der Waals surface area (Å²) in [5.74, 6) is 0.113. The first kappa shape index (κ1) is 15.0. The maximum Gasteiger partial charge on any atom is 0.0849 e. The average molecular weight is 327 g/mol. The number of aryl methyl sites for hydroxylation is 1. The fourth-order valence-electron chi connectivity index (χ4n) is 3.28. The van der Waals surface area contributed by atoms with Crippen LogP contribution >= 0.6 is 15.9 Å². The van der Waals surface area contributed by atoms with Crippen LogP contribution < -0.4 is 0 Å². The van der Waals surface area contributed by atoms with Crippen molar-refractivity contribution in [1.82, 2.24) is 0 Å². The van der Waals surface area contributed by atoms with Crippen LogP contribution in [0, 0.1) is 12.8 Å². The van der Waals surface area contributed by atoms with Crippen LogP contribution in [-0.2, 0) is 4.74 Å². The molecule has 1 fully saturated rings. The Morgan fingerprint density at radius 3 is 2.42 bits per heavy atom. The highest BCUT2D eigenvalue weighted by atomic mass is 79.9. The molecule has 2 rings (SSSR count). The van der Waals surface area contributed by atoms with Crippen LogP contribution in [0.2, 0.25) is 0 Å². The number of rotatable bonds is 2. The number of benzene rings is 1. The van der Waals surface area contributed by atoms with Gasteiger partial charge in [-0.25, -0.2) is 0 Å². The summed E-state index contributed by atoms with van der Waals surface area (Å²) in [4.78, 5) is 0. The van der Waals surface area contributed by atoms with Gasteiger partial charge in [-0.05, 0) is 64.3 Å². The Morgan fingerprint density at radius 1 is 1.32 bits per heavy atom. The van der Waals surface area contributed by atoms with Crippen LogP contribution in [-0.4, -0.2) is 16.3 Å². The zero-order valence-electron chi connectivity index (χ0n) is 12.3. The normalized spacial score (nSPS) is 26.4. The fourth-order valence-corrected chi connectivity index (χ4v) is 3.76. The number of halogens is 1. The van der Waals surface area contributed by atoms with Gasteiger partial charge in [0, 0.05) is 10.4 Å². The van der Waals surface area contributed by atoms with Gasteiger partial charge in [0.05, 0.1) is 17.3 Å². The second-order valence-corrected chi connectivity index (χ2v) is 7.64. The van der Waals surface area contributed by atoms with Crippen molar-refractivity contribution < 1.29 is 9.84 Å². The Hall–Kier alpha value is -0.380. The largest absolute Gasteiger partial charge is 0.388 e. The Balaban J connectivity index is 2.31. The number of hydrogen-bond donors (Lipinski definition) is 1. The molecular formula is C16H23BrO2. The second-order valence-electron chi connectivity index (χ2n) is 6.72. The summed E-state index contributed by atoms with van der Waals surface area (Å²) in [6.07, 6.45) is 0.390. The molecule has 1 aromatic carbocycles. The van der Waals surface area contributed by atoms with E-state index in [0.717, 1.165) is 22.0 Å². The summed E-state index contributed by atoms with van der Waals surface area (Å²) in [5.41, 5.74) is 1.64. The Bertz CT molecular complexity index is 480. The van der Waals surface area contributed by atoms with E-state index in [2.05, 4.69) is 43.6 Å². The van der Waals surface area contributed by atoms with Crippen molar-refractivity contribution in [3.8, 4) is 0 Å². The highest BCUT2D eigenvalue weighted by Crippen LogP contribution is 2.48. The number of ether oxygens (including phenoxy) is 1. The zero-order valence-corrected chi connectivity index (χ0v) is 13.9. The molecule has 1 N–H and O–H groups in total. The van der Waals surface area contributed by atoms with Crippen molar-refractivity contribution in [3.05, 3.63) is 33.8 Å². The Labute approximate surface area is 124 Å². The molecule has 2 nitrogen and oxygen atoms in total. The van der Waals surface area contributed by atoms with Gasteiger partial charge < -0.3 is 9.84 Å². The van der Waals surface area contributed by atoms with E-state index in [9.17, 15) is 5.11 Å². The van der Waals surface area contributed by atoms with Gasteiger partial charge in [0.2, 0.25) is 0 Å². The number of aliphatic hydroxyl groups is 1. The minimum atomic E-state index is -0.482. The molecule has 106 valence electrons. The van der Waals surface area contributed by atoms with Crippen LogP contribution in [0.25, 0.3) is 0 Å². The first-order valence-corrected chi connectivity index (χ1v) is 7.56. The topological polar surface area (TPSA) is 29.5 Å². The fraction of sp³-hybridized carbons (Fsp3) is 0.625. The molecule has 1 heterocycles. The van der Waals surface area contributed by atoms with Gasteiger partial charge in [-0.3, -0.25) is 0 Å². The predicted molar refractivity (Wildman–Crippen MR) is 81.2 cm³/mol. The molecule has 2 unspecified atom stereocenters.